The van der Waals surface area contributed by atoms with E-state index in [2.05, 4.69) is 10.4 Å². The molecule has 0 saturated carbocycles. The molecule has 2 rings (SSSR count). The minimum Gasteiger partial charge on any atom is -0.315 e. The van der Waals surface area contributed by atoms with Crippen LogP contribution in [-0.2, 0) is 13.0 Å². The standard InChI is InChI=1S/C13H16FN3/c14-13-4-1-3-12(11-13)5-7-15-8-10-17-9-2-6-16-17/h1-4,6,9,11,15H,5,7-8,10H2. The van der Waals surface area contributed by atoms with Crippen LogP contribution in [0.1, 0.15) is 5.56 Å². The van der Waals surface area contributed by atoms with Crippen molar-refractivity contribution in [2.45, 2.75) is 13.0 Å². The Balaban J connectivity index is 1.63. The first kappa shape index (κ1) is 11.8. The van der Waals surface area contributed by atoms with Crippen molar-refractivity contribution in [3.63, 3.8) is 0 Å². The number of hydrogen-bond acceptors (Lipinski definition) is 2. The Morgan fingerprint density at radius 2 is 2.18 bits per heavy atom. The summed E-state index contributed by atoms with van der Waals surface area (Å²) in [6.07, 6.45) is 4.55. The number of aromatic nitrogens is 2. The van der Waals surface area contributed by atoms with Crippen LogP contribution in [0.3, 0.4) is 0 Å². The highest BCUT2D eigenvalue weighted by molar-refractivity contribution is 5.16. The molecule has 17 heavy (non-hydrogen) atoms. The highest BCUT2D eigenvalue weighted by Gasteiger charge is 1.95. The predicted octanol–water partition coefficient (Wildman–Crippen LogP) is 1.85. The lowest BCUT2D eigenvalue weighted by atomic mass is 10.1. The lowest BCUT2D eigenvalue weighted by Gasteiger charge is -2.05. The van der Waals surface area contributed by atoms with E-state index < -0.39 is 0 Å². The molecule has 1 heterocycles. The molecule has 0 amide bonds. The van der Waals surface area contributed by atoms with Gasteiger partial charge in [-0.05, 0) is 36.7 Å². The summed E-state index contributed by atoms with van der Waals surface area (Å²) in [6.45, 7) is 2.58. The van der Waals surface area contributed by atoms with E-state index in [-0.39, 0.29) is 5.82 Å². The third-order valence-corrected chi connectivity index (χ3v) is 2.56. The summed E-state index contributed by atoms with van der Waals surface area (Å²) in [6, 6.07) is 8.64. The maximum Gasteiger partial charge on any atom is 0.123 e. The molecule has 0 aliphatic carbocycles. The molecule has 0 bridgehead atoms. The molecule has 90 valence electrons. The van der Waals surface area contributed by atoms with Crippen molar-refractivity contribution in [3.8, 4) is 0 Å². The summed E-state index contributed by atoms with van der Waals surface area (Å²) in [5.41, 5.74) is 1.02. The summed E-state index contributed by atoms with van der Waals surface area (Å²) < 4.78 is 14.8. The second-order valence-electron chi connectivity index (χ2n) is 3.90. The van der Waals surface area contributed by atoms with Gasteiger partial charge in [0, 0.05) is 18.9 Å². The first-order valence-corrected chi connectivity index (χ1v) is 5.77. The summed E-state index contributed by atoms with van der Waals surface area (Å²) >= 11 is 0. The fourth-order valence-electron chi connectivity index (χ4n) is 1.68. The van der Waals surface area contributed by atoms with Crippen molar-refractivity contribution < 1.29 is 4.39 Å². The van der Waals surface area contributed by atoms with E-state index in [1.165, 1.54) is 6.07 Å². The molecule has 0 radical (unpaired) electrons. The van der Waals surface area contributed by atoms with Gasteiger partial charge in [0.15, 0.2) is 0 Å². The van der Waals surface area contributed by atoms with Gasteiger partial charge in [-0.3, -0.25) is 4.68 Å². The first-order chi connectivity index (χ1) is 8.34. The molecular formula is C13H16FN3. The molecule has 0 aliphatic heterocycles. The Morgan fingerprint density at radius 1 is 1.24 bits per heavy atom. The van der Waals surface area contributed by atoms with Crippen molar-refractivity contribution in [2.24, 2.45) is 0 Å². The largest absolute Gasteiger partial charge is 0.315 e. The zero-order valence-corrected chi connectivity index (χ0v) is 9.64. The maximum atomic E-state index is 12.9. The molecular weight excluding hydrogens is 217 g/mol. The van der Waals surface area contributed by atoms with E-state index >= 15 is 0 Å². The van der Waals surface area contributed by atoms with E-state index in [0.29, 0.717) is 0 Å². The van der Waals surface area contributed by atoms with E-state index in [1.54, 1.807) is 18.3 Å². The summed E-state index contributed by atoms with van der Waals surface area (Å²) in [7, 11) is 0. The Bertz CT molecular complexity index is 440. The van der Waals surface area contributed by atoms with Gasteiger partial charge in [0.05, 0.1) is 6.54 Å². The minimum atomic E-state index is -0.168. The van der Waals surface area contributed by atoms with Crippen LogP contribution in [0.4, 0.5) is 4.39 Å². The minimum absolute atomic E-state index is 0.168. The van der Waals surface area contributed by atoms with Crippen LogP contribution in [0.5, 0.6) is 0 Å². The average molecular weight is 233 g/mol. The van der Waals surface area contributed by atoms with E-state index in [0.717, 1.165) is 31.6 Å². The molecule has 0 fully saturated rings. The van der Waals surface area contributed by atoms with Gasteiger partial charge >= 0.3 is 0 Å². The third-order valence-electron chi connectivity index (χ3n) is 2.56. The normalized spacial score (nSPS) is 10.6. The highest BCUT2D eigenvalue weighted by atomic mass is 19.1. The van der Waals surface area contributed by atoms with Gasteiger partial charge in [-0.2, -0.15) is 5.10 Å². The molecule has 0 aliphatic rings. The van der Waals surface area contributed by atoms with Crippen molar-refractivity contribution in [3.05, 3.63) is 54.1 Å². The van der Waals surface area contributed by atoms with Gasteiger partial charge in [0.2, 0.25) is 0 Å². The second kappa shape index (κ2) is 6.15. The molecule has 1 aromatic carbocycles. The molecule has 0 unspecified atom stereocenters. The first-order valence-electron chi connectivity index (χ1n) is 5.77. The van der Waals surface area contributed by atoms with Crippen molar-refractivity contribution in [2.75, 3.05) is 13.1 Å². The SMILES string of the molecule is Fc1cccc(CCNCCn2cccn2)c1. The van der Waals surface area contributed by atoms with Crippen LogP contribution in [0.15, 0.2) is 42.7 Å². The van der Waals surface area contributed by atoms with Gasteiger partial charge in [0.25, 0.3) is 0 Å². The zero-order chi connectivity index (χ0) is 11.9. The van der Waals surface area contributed by atoms with Crippen LogP contribution in [0, 0.1) is 5.82 Å². The lowest BCUT2D eigenvalue weighted by molar-refractivity contribution is 0.555. The van der Waals surface area contributed by atoms with E-state index in [4.69, 9.17) is 0 Å². The van der Waals surface area contributed by atoms with Gasteiger partial charge in [-0.15, -0.1) is 0 Å². The number of benzene rings is 1. The number of rotatable bonds is 6. The van der Waals surface area contributed by atoms with Crippen molar-refractivity contribution in [1.29, 1.82) is 0 Å². The molecule has 1 N–H and O–H groups in total. The van der Waals surface area contributed by atoms with E-state index in [9.17, 15) is 4.39 Å². The monoisotopic (exact) mass is 233 g/mol. The maximum absolute atomic E-state index is 12.9. The van der Waals surface area contributed by atoms with Crippen molar-refractivity contribution >= 4 is 0 Å². The van der Waals surface area contributed by atoms with Crippen LogP contribution in [0.2, 0.25) is 0 Å². The number of halogens is 1. The fourth-order valence-corrected chi connectivity index (χ4v) is 1.68. The molecule has 2 aromatic rings. The van der Waals surface area contributed by atoms with Gasteiger partial charge in [0.1, 0.15) is 5.82 Å². The third kappa shape index (κ3) is 4.00. The lowest BCUT2D eigenvalue weighted by Crippen LogP contribution is -2.22. The Hall–Kier alpha value is -1.68. The zero-order valence-electron chi connectivity index (χ0n) is 9.64. The number of hydrogen-bond donors (Lipinski definition) is 1. The highest BCUT2D eigenvalue weighted by Crippen LogP contribution is 2.03. The molecule has 0 saturated heterocycles. The average Bonchev–Trinajstić information content (AvgIpc) is 2.82. The number of nitrogens with zero attached hydrogens (tertiary/aromatic N) is 2. The Morgan fingerprint density at radius 3 is 2.94 bits per heavy atom. The molecule has 0 spiro atoms. The van der Waals surface area contributed by atoms with Crippen LogP contribution >= 0.6 is 0 Å². The Labute approximate surface area is 100 Å². The summed E-state index contributed by atoms with van der Waals surface area (Å²) in [5.74, 6) is -0.168. The predicted molar refractivity (Wildman–Crippen MR) is 65.2 cm³/mol. The molecule has 1 aromatic heterocycles. The fraction of sp³-hybridized carbons (Fsp3) is 0.308. The second-order valence-corrected chi connectivity index (χ2v) is 3.90. The van der Waals surface area contributed by atoms with Gasteiger partial charge in [-0.25, -0.2) is 4.39 Å². The van der Waals surface area contributed by atoms with Crippen molar-refractivity contribution in [1.82, 2.24) is 15.1 Å². The number of nitrogens with one attached hydrogen (secondary N) is 1. The molecule has 0 atom stereocenters. The van der Waals surface area contributed by atoms with Crippen LogP contribution in [0.25, 0.3) is 0 Å². The summed E-state index contributed by atoms with van der Waals surface area (Å²) in [5, 5.41) is 7.42. The smallest absolute Gasteiger partial charge is 0.123 e. The molecule has 3 nitrogen and oxygen atoms in total. The molecule has 4 heteroatoms. The van der Waals surface area contributed by atoms with Crippen LogP contribution in [-0.4, -0.2) is 22.9 Å². The quantitative estimate of drug-likeness (QED) is 0.772. The Kier molecular flexibility index (Phi) is 4.27. The van der Waals surface area contributed by atoms with Gasteiger partial charge in [-0.1, -0.05) is 12.1 Å². The summed E-state index contributed by atoms with van der Waals surface area (Å²) in [4.78, 5) is 0. The topological polar surface area (TPSA) is 29.9 Å². The van der Waals surface area contributed by atoms with Crippen LogP contribution < -0.4 is 5.32 Å². The van der Waals surface area contributed by atoms with Gasteiger partial charge < -0.3 is 5.32 Å². The van der Waals surface area contributed by atoms with E-state index in [1.807, 2.05) is 23.0 Å².